The van der Waals surface area contributed by atoms with Crippen molar-refractivity contribution in [3.63, 3.8) is 0 Å². The number of carbonyl (C=O) groups is 1. The van der Waals surface area contributed by atoms with Crippen LogP contribution in [0.25, 0.3) is 0 Å². The molecule has 0 saturated heterocycles. The molecular formula is C17H18FNO2. The largest absolute Gasteiger partial charge is 0.481 e. The number of carboxylic acids is 1. The van der Waals surface area contributed by atoms with Gasteiger partial charge in [0.25, 0.3) is 0 Å². The molecule has 0 radical (unpaired) electrons. The highest BCUT2D eigenvalue weighted by Gasteiger charge is 2.21. The van der Waals surface area contributed by atoms with Gasteiger partial charge in [-0.2, -0.15) is 0 Å². The van der Waals surface area contributed by atoms with Crippen LogP contribution in [0.3, 0.4) is 0 Å². The summed E-state index contributed by atoms with van der Waals surface area (Å²) in [6.45, 7) is 0. The minimum atomic E-state index is -0.948. The highest BCUT2D eigenvalue weighted by molar-refractivity contribution is 5.76. The Kier molecular flexibility index (Phi) is 4.58. The summed E-state index contributed by atoms with van der Waals surface area (Å²) in [6.07, 6.45) is 0.142. The molecule has 0 heterocycles. The fourth-order valence-corrected chi connectivity index (χ4v) is 2.24. The Labute approximate surface area is 123 Å². The van der Waals surface area contributed by atoms with Gasteiger partial charge in [0.2, 0.25) is 0 Å². The SMILES string of the molecule is CN(C)c1ccc(C(Cc2ccccc2F)C(=O)O)cc1. The van der Waals surface area contributed by atoms with Gasteiger partial charge in [-0.15, -0.1) is 0 Å². The first-order valence-corrected chi connectivity index (χ1v) is 6.72. The molecule has 0 amide bonds. The molecule has 1 N–H and O–H groups in total. The third-order valence-electron chi connectivity index (χ3n) is 3.49. The zero-order valence-corrected chi connectivity index (χ0v) is 12.1. The number of nitrogens with zero attached hydrogens (tertiary/aromatic N) is 1. The van der Waals surface area contributed by atoms with E-state index >= 15 is 0 Å². The molecule has 2 rings (SSSR count). The van der Waals surface area contributed by atoms with E-state index in [9.17, 15) is 14.3 Å². The Bertz CT molecular complexity index is 623. The number of halogens is 1. The van der Waals surface area contributed by atoms with Gasteiger partial charge in [0, 0.05) is 19.8 Å². The lowest BCUT2D eigenvalue weighted by Crippen LogP contribution is -2.15. The Morgan fingerprint density at radius 2 is 1.76 bits per heavy atom. The number of benzene rings is 2. The van der Waals surface area contributed by atoms with Crippen LogP contribution >= 0.6 is 0 Å². The lowest BCUT2D eigenvalue weighted by atomic mass is 9.91. The summed E-state index contributed by atoms with van der Waals surface area (Å²) in [4.78, 5) is 13.4. The number of aliphatic carboxylic acids is 1. The van der Waals surface area contributed by atoms with Gasteiger partial charge in [0.15, 0.2) is 0 Å². The molecule has 0 aromatic heterocycles. The zero-order valence-electron chi connectivity index (χ0n) is 12.1. The molecule has 3 nitrogen and oxygen atoms in total. The predicted octanol–water partition coefficient (Wildman–Crippen LogP) is 3.30. The topological polar surface area (TPSA) is 40.5 Å². The fraction of sp³-hybridized carbons (Fsp3) is 0.235. The van der Waals surface area contributed by atoms with Crippen molar-refractivity contribution in [2.24, 2.45) is 0 Å². The van der Waals surface area contributed by atoms with E-state index in [4.69, 9.17) is 0 Å². The van der Waals surface area contributed by atoms with Gasteiger partial charge in [-0.25, -0.2) is 4.39 Å². The number of rotatable bonds is 5. The van der Waals surface area contributed by atoms with Gasteiger partial charge >= 0.3 is 5.97 Å². The summed E-state index contributed by atoms with van der Waals surface area (Å²) in [5, 5.41) is 9.42. The molecule has 21 heavy (non-hydrogen) atoms. The molecule has 1 atom stereocenters. The van der Waals surface area contributed by atoms with Gasteiger partial charge in [-0.1, -0.05) is 30.3 Å². The Balaban J connectivity index is 2.27. The van der Waals surface area contributed by atoms with Gasteiger partial charge in [0.05, 0.1) is 5.92 Å². The number of carboxylic acid groups (broad SMARTS) is 1. The van der Waals surface area contributed by atoms with E-state index in [2.05, 4.69) is 0 Å². The third kappa shape index (κ3) is 3.60. The second-order valence-corrected chi connectivity index (χ2v) is 5.17. The van der Waals surface area contributed by atoms with Crippen LogP contribution in [0.15, 0.2) is 48.5 Å². The molecule has 0 spiro atoms. The van der Waals surface area contributed by atoms with Crippen LogP contribution in [0.1, 0.15) is 17.0 Å². The predicted molar refractivity (Wildman–Crippen MR) is 81.2 cm³/mol. The van der Waals surface area contributed by atoms with Crippen LogP contribution in [0.4, 0.5) is 10.1 Å². The second kappa shape index (κ2) is 6.39. The Morgan fingerprint density at radius 1 is 1.14 bits per heavy atom. The zero-order chi connectivity index (χ0) is 15.4. The highest BCUT2D eigenvalue weighted by atomic mass is 19.1. The van der Waals surface area contributed by atoms with Gasteiger partial charge < -0.3 is 10.0 Å². The molecule has 110 valence electrons. The quantitative estimate of drug-likeness (QED) is 0.917. The van der Waals surface area contributed by atoms with Crippen LogP contribution in [-0.4, -0.2) is 25.2 Å². The molecule has 0 bridgehead atoms. The summed E-state index contributed by atoms with van der Waals surface area (Å²) in [7, 11) is 3.84. The van der Waals surface area contributed by atoms with Crippen molar-refractivity contribution in [1.82, 2.24) is 0 Å². The number of anilines is 1. The molecule has 4 heteroatoms. The van der Waals surface area contributed by atoms with Crippen molar-refractivity contribution < 1.29 is 14.3 Å². The maximum atomic E-state index is 13.7. The van der Waals surface area contributed by atoms with Crippen molar-refractivity contribution >= 4 is 11.7 Å². The van der Waals surface area contributed by atoms with Gasteiger partial charge in [-0.05, 0) is 35.7 Å². The smallest absolute Gasteiger partial charge is 0.311 e. The number of hydrogen-bond donors (Lipinski definition) is 1. The van der Waals surface area contributed by atoms with Crippen molar-refractivity contribution in [3.05, 3.63) is 65.5 Å². The monoisotopic (exact) mass is 287 g/mol. The first kappa shape index (κ1) is 15.0. The maximum absolute atomic E-state index is 13.7. The molecule has 2 aromatic carbocycles. The first-order valence-electron chi connectivity index (χ1n) is 6.72. The van der Waals surface area contributed by atoms with E-state index in [1.165, 1.54) is 6.07 Å². The van der Waals surface area contributed by atoms with Crippen LogP contribution < -0.4 is 4.90 Å². The highest BCUT2D eigenvalue weighted by Crippen LogP contribution is 2.24. The molecule has 0 aliphatic heterocycles. The summed E-state index contributed by atoms with van der Waals surface area (Å²) < 4.78 is 13.7. The lowest BCUT2D eigenvalue weighted by Gasteiger charge is -2.16. The van der Waals surface area contributed by atoms with E-state index in [0.29, 0.717) is 11.1 Å². The van der Waals surface area contributed by atoms with E-state index in [1.807, 2.05) is 31.1 Å². The molecule has 0 fully saturated rings. The van der Waals surface area contributed by atoms with Crippen molar-refractivity contribution in [2.75, 3.05) is 19.0 Å². The van der Waals surface area contributed by atoms with E-state index in [0.717, 1.165) is 5.69 Å². The molecular weight excluding hydrogens is 269 g/mol. The average Bonchev–Trinajstić information content (AvgIpc) is 2.46. The van der Waals surface area contributed by atoms with Gasteiger partial charge in [0.1, 0.15) is 5.82 Å². The minimum absolute atomic E-state index is 0.142. The molecule has 2 aromatic rings. The summed E-state index contributed by atoms with van der Waals surface area (Å²) in [6, 6.07) is 13.6. The van der Waals surface area contributed by atoms with Gasteiger partial charge in [-0.3, -0.25) is 4.79 Å². The lowest BCUT2D eigenvalue weighted by molar-refractivity contribution is -0.138. The standard InChI is InChI=1S/C17H18FNO2/c1-19(2)14-9-7-12(8-10-14)15(17(20)21)11-13-5-3-4-6-16(13)18/h3-10,15H,11H2,1-2H3,(H,20,21). The maximum Gasteiger partial charge on any atom is 0.311 e. The Morgan fingerprint density at radius 3 is 2.29 bits per heavy atom. The summed E-state index contributed by atoms with van der Waals surface area (Å²) in [5.74, 6) is -2.07. The summed E-state index contributed by atoms with van der Waals surface area (Å²) in [5.41, 5.74) is 2.09. The van der Waals surface area contributed by atoms with Crippen molar-refractivity contribution in [1.29, 1.82) is 0 Å². The van der Waals surface area contributed by atoms with E-state index in [-0.39, 0.29) is 12.2 Å². The van der Waals surface area contributed by atoms with Crippen molar-refractivity contribution in [2.45, 2.75) is 12.3 Å². The molecule has 0 aliphatic carbocycles. The van der Waals surface area contributed by atoms with E-state index < -0.39 is 11.9 Å². The third-order valence-corrected chi connectivity index (χ3v) is 3.49. The second-order valence-electron chi connectivity index (χ2n) is 5.17. The average molecular weight is 287 g/mol. The molecule has 1 unspecified atom stereocenters. The summed E-state index contributed by atoms with van der Waals surface area (Å²) >= 11 is 0. The molecule has 0 aliphatic rings. The fourth-order valence-electron chi connectivity index (χ4n) is 2.24. The number of hydrogen-bond acceptors (Lipinski definition) is 2. The van der Waals surface area contributed by atoms with Crippen LogP contribution in [0.5, 0.6) is 0 Å². The molecule has 0 saturated carbocycles. The normalized spacial score (nSPS) is 12.0. The van der Waals surface area contributed by atoms with E-state index in [1.54, 1.807) is 30.3 Å². The Hall–Kier alpha value is -2.36. The van der Waals surface area contributed by atoms with Crippen LogP contribution in [0, 0.1) is 5.82 Å². The minimum Gasteiger partial charge on any atom is -0.481 e. The van der Waals surface area contributed by atoms with Crippen molar-refractivity contribution in [3.8, 4) is 0 Å². The first-order chi connectivity index (χ1) is 9.99. The van der Waals surface area contributed by atoms with Crippen LogP contribution in [0.2, 0.25) is 0 Å². The van der Waals surface area contributed by atoms with Crippen LogP contribution in [-0.2, 0) is 11.2 Å².